The van der Waals surface area contributed by atoms with Crippen LogP contribution in [-0.2, 0) is 19.1 Å². The molecule has 1 rings (SSSR count). The van der Waals surface area contributed by atoms with Crippen molar-refractivity contribution in [3.63, 3.8) is 0 Å². The molecule has 0 heterocycles. The Morgan fingerprint density at radius 2 is 1.93 bits per heavy atom. The van der Waals surface area contributed by atoms with E-state index in [0.717, 1.165) is 12.0 Å². The van der Waals surface area contributed by atoms with Crippen LogP contribution in [0.2, 0.25) is 0 Å². The number of benzene rings is 1. The summed E-state index contributed by atoms with van der Waals surface area (Å²) < 4.78 is 10.3. The molecular formula is C20H28N2O5. The van der Waals surface area contributed by atoms with E-state index in [1.165, 1.54) is 25.0 Å². The summed E-state index contributed by atoms with van der Waals surface area (Å²) >= 11 is 0. The summed E-state index contributed by atoms with van der Waals surface area (Å²) in [6.07, 6.45) is 4.11. The highest BCUT2D eigenvalue weighted by molar-refractivity contribution is 5.92. The molecule has 0 unspecified atom stereocenters. The van der Waals surface area contributed by atoms with Crippen molar-refractivity contribution < 1.29 is 23.9 Å². The van der Waals surface area contributed by atoms with Crippen LogP contribution in [0, 0.1) is 0 Å². The molecule has 1 aromatic carbocycles. The van der Waals surface area contributed by atoms with Crippen molar-refractivity contribution >= 4 is 23.9 Å². The number of nitrogens with zero attached hydrogens (tertiary/aromatic N) is 1. The van der Waals surface area contributed by atoms with E-state index in [-0.39, 0.29) is 24.8 Å². The normalized spacial score (nSPS) is 10.5. The summed E-state index contributed by atoms with van der Waals surface area (Å²) in [6, 6.07) is 7.46. The first-order chi connectivity index (χ1) is 13.0. The third-order valence-corrected chi connectivity index (χ3v) is 3.67. The van der Waals surface area contributed by atoms with E-state index >= 15 is 0 Å². The van der Waals surface area contributed by atoms with Crippen LogP contribution in [0.25, 0.3) is 6.08 Å². The van der Waals surface area contributed by atoms with Crippen molar-refractivity contribution in [3.8, 4) is 5.75 Å². The monoisotopic (exact) mass is 376 g/mol. The van der Waals surface area contributed by atoms with Crippen molar-refractivity contribution in [2.24, 2.45) is 0 Å². The first-order valence-corrected chi connectivity index (χ1v) is 8.98. The first kappa shape index (κ1) is 22.2. The van der Waals surface area contributed by atoms with E-state index in [0.29, 0.717) is 25.4 Å². The van der Waals surface area contributed by atoms with Crippen LogP contribution in [0.5, 0.6) is 5.75 Å². The molecule has 0 saturated carbocycles. The lowest BCUT2D eigenvalue weighted by Gasteiger charge is -2.21. The van der Waals surface area contributed by atoms with Gasteiger partial charge in [-0.05, 0) is 18.6 Å². The van der Waals surface area contributed by atoms with E-state index in [9.17, 15) is 14.4 Å². The Labute approximate surface area is 160 Å². The number of esters is 1. The van der Waals surface area contributed by atoms with Crippen molar-refractivity contribution in [2.45, 2.75) is 26.7 Å². The van der Waals surface area contributed by atoms with Crippen LogP contribution in [0.3, 0.4) is 0 Å². The van der Waals surface area contributed by atoms with E-state index in [2.05, 4.69) is 10.1 Å². The largest absolute Gasteiger partial charge is 0.493 e. The molecule has 1 N–H and O–H groups in total. The molecule has 27 heavy (non-hydrogen) atoms. The fraction of sp³-hybridized carbons (Fsp3) is 0.450. The zero-order chi connectivity index (χ0) is 20.1. The highest BCUT2D eigenvalue weighted by Crippen LogP contribution is 2.19. The number of rotatable bonds is 11. The molecule has 0 bridgehead atoms. The Morgan fingerprint density at radius 3 is 2.59 bits per heavy atom. The second-order valence-corrected chi connectivity index (χ2v) is 5.85. The predicted octanol–water partition coefficient (Wildman–Crippen LogP) is 2.02. The topological polar surface area (TPSA) is 84.9 Å². The van der Waals surface area contributed by atoms with Crippen LogP contribution in [0.4, 0.5) is 0 Å². The van der Waals surface area contributed by atoms with Gasteiger partial charge in [0.05, 0.1) is 20.1 Å². The summed E-state index contributed by atoms with van der Waals surface area (Å²) in [5.74, 6) is -0.111. The maximum atomic E-state index is 12.6. The Hall–Kier alpha value is -2.83. The van der Waals surface area contributed by atoms with Gasteiger partial charge in [0.1, 0.15) is 5.75 Å². The minimum Gasteiger partial charge on any atom is -0.493 e. The zero-order valence-electron chi connectivity index (χ0n) is 16.2. The van der Waals surface area contributed by atoms with Gasteiger partial charge >= 0.3 is 5.97 Å². The average Bonchev–Trinajstić information content (AvgIpc) is 2.67. The van der Waals surface area contributed by atoms with Gasteiger partial charge in [-0.2, -0.15) is 0 Å². The molecule has 0 atom stereocenters. The SMILES string of the molecule is CCCOc1ccccc1/C=C/C(=O)N(CCNC(C)=O)CCC(=O)OC. The van der Waals surface area contributed by atoms with Crippen LogP contribution in [0.15, 0.2) is 30.3 Å². The maximum Gasteiger partial charge on any atom is 0.307 e. The first-order valence-electron chi connectivity index (χ1n) is 8.98. The van der Waals surface area contributed by atoms with Crippen LogP contribution in [0.1, 0.15) is 32.3 Å². The molecule has 0 radical (unpaired) electrons. The number of amides is 2. The third-order valence-electron chi connectivity index (χ3n) is 3.67. The molecule has 0 aliphatic rings. The highest BCUT2D eigenvalue weighted by atomic mass is 16.5. The number of para-hydroxylation sites is 1. The summed E-state index contributed by atoms with van der Waals surface area (Å²) in [6.45, 7) is 4.86. The smallest absolute Gasteiger partial charge is 0.307 e. The molecule has 0 saturated heterocycles. The lowest BCUT2D eigenvalue weighted by atomic mass is 10.2. The highest BCUT2D eigenvalue weighted by Gasteiger charge is 2.13. The summed E-state index contributed by atoms with van der Waals surface area (Å²) in [7, 11) is 1.30. The van der Waals surface area contributed by atoms with Gasteiger partial charge in [0.25, 0.3) is 0 Å². The fourth-order valence-corrected chi connectivity index (χ4v) is 2.26. The van der Waals surface area contributed by atoms with Crippen LogP contribution >= 0.6 is 0 Å². The number of carbonyl (C=O) groups is 3. The van der Waals surface area contributed by atoms with Gasteiger partial charge < -0.3 is 19.7 Å². The molecular weight excluding hydrogens is 348 g/mol. The van der Waals surface area contributed by atoms with Crippen LogP contribution in [-0.4, -0.2) is 56.0 Å². The quantitative estimate of drug-likeness (QED) is 0.472. The summed E-state index contributed by atoms with van der Waals surface area (Å²) in [4.78, 5) is 36.5. The van der Waals surface area contributed by atoms with Gasteiger partial charge in [-0.15, -0.1) is 0 Å². The van der Waals surface area contributed by atoms with E-state index in [1.54, 1.807) is 6.08 Å². The van der Waals surface area contributed by atoms with Gasteiger partial charge in [-0.3, -0.25) is 14.4 Å². The summed E-state index contributed by atoms with van der Waals surface area (Å²) in [5, 5.41) is 2.65. The molecule has 148 valence electrons. The average molecular weight is 376 g/mol. The fourth-order valence-electron chi connectivity index (χ4n) is 2.26. The Balaban J connectivity index is 2.79. The number of ether oxygens (including phenoxy) is 2. The second-order valence-electron chi connectivity index (χ2n) is 5.85. The molecule has 0 spiro atoms. The number of methoxy groups -OCH3 is 1. The maximum absolute atomic E-state index is 12.6. The van der Waals surface area contributed by atoms with Gasteiger partial charge in [-0.25, -0.2) is 0 Å². The standard InChI is InChI=1S/C20H28N2O5/c1-4-15-27-18-8-6-5-7-17(18)9-10-19(24)22(13-11-20(25)26-3)14-12-21-16(2)23/h5-10H,4,11-15H2,1-3H3,(H,21,23)/b10-9+. The number of nitrogens with one attached hydrogen (secondary N) is 1. The molecule has 0 aliphatic carbocycles. The van der Waals surface area contributed by atoms with Crippen molar-refractivity contribution in [1.29, 1.82) is 0 Å². The van der Waals surface area contributed by atoms with Gasteiger partial charge in [0.15, 0.2) is 0 Å². The molecule has 2 amide bonds. The van der Waals surface area contributed by atoms with Crippen molar-refractivity contribution in [2.75, 3.05) is 33.4 Å². The second kappa shape index (κ2) is 12.5. The van der Waals surface area contributed by atoms with E-state index in [4.69, 9.17) is 4.74 Å². The molecule has 0 fully saturated rings. The van der Waals surface area contributed by atoms with E-state index < -0.39 is 5.97 Å². The lowest BCUT2D eigenvalue weighted by molar-refractivity contribution is -0.141. The van der Waals surface area contributed by atoms with Gasteiger partial charge in [0.2, 0.25) is 11.8 Å². The van der Waals surface area contributed by atoms with Crippen molar-refractivity contribution in [1.82, 2.24) is 10.2 Å². The molecule has 0 aromatic heterocycles. The minimum absolute atomic E-state index is 0.0896. The Morgan fingerprint density at radius 1 is 1.19 bits per heavy atom. The minimum atomic E-state index is -0.394. The number of hydrogen-bond donors (Lipinski definition) is 1. The van der Waals surface area contributed by atoms with Crippen molar-refractivity contribution in [3.05, 3.63) is 35.9 Å². The molecule has 7 heteroatoms. The van der Waals surface area contributed by atoms with Gasteiger partial charge in [0, 0.05) is 38.2 Å². The molecule has 1 aromatic rings. The number of carbonyl (C=O) groups excluding carboxylic acids is 3. The Kier molecular flexibility index (Phi) is 10.3. The van der Waals surface area contributed by atoms with Gasteiger partial charge in [-0.1, -0.05) is 25.1 Å². The third kappa shape index (κ3) is 8.89. The zero-order valence-corrected chi connectivity index (χ0v) is 16.2. The Bertz CT molecular complexity index is 658. The predicted molar refractivity (Wildman–Crippen MR) is 103 cm³/mol. The van der Waals surface area contributed by atoms with E-state index in [1.807, 2.05) is 31.2 Å². The summed E-state index contributed by atoms with van der Waals surface area (Å²) in [5.41, 5.74) is 0.800. The molecule has 0 aliphatic heterocycles. The lowest BCUT2D eigenvalue weighted by Crippen LogP contribution is -2.38. The molecule has 7 nitrogen and oxygen atoms in total. The number of hydrogen-bond acceptors (Lipinski definition) is 5. The van der Waals surface area contributed by atoms with Crippen LogP contribution < -0.4 is 10.1 Å².